The predicted octanol–water partition coefficient (Wildman–Crippen LogP) is 8.74. The highest BCUT2D eigenvalue weighted by Crippen LogP contribution is 2.45. The van der Waals surface area contributed by atoms with Crippen molar-refractivity contribution in [2.24, 2.45) is 0 Å². The summed E-state index contributed by atoms with van der Waals surface area (Å²) in [6, 6.07) is 45.6. The van der Waals surface area contributed by atoms with E-state index in [-0.39, 0.29) is 0 Å². The van der Waals surface area contributed by atoms with Crippen molar-refractivity contribution in [3.63, 3.8) is 0 Å². The second kappa shape index (κ2) is 10.6. The van der Waals surface area contributed by atoms with Crippen LogP contribution in [0.4, 0.5) is 0 Å². The lowest BCUT2D eigenvalue weighted by molar-refractivity contribution is 0.441. The van der Waals surface area contributed by atoms with E-state index >= 15 is 0 Å². The van der Waals surface area contributed by atoms with Crippen LogP contribution >= 0.6 is 0 Å². The van der Waals surface area contributed by atoms with E-state index in [0.717, 1.165) is 41.0 Å². The van der Waals surface area contributed by atoms with E-state index in [9.17, 15) is 0 Å². The van der Waals surface area contributed by atoms with Crippen molar-refractivity contribution >= 4 is 0 Å². The molecule has 0 radical (unpaired) electrons. The Labute approximate surface area is 234 Å². The van der Waals surface area contributed by atoms with Gasteiger partial charge in [0, 0.05) is 33.7 Å². The minimum atomic E-state index is 0.297. The van der Waals surface area contributed by atoms with Gasteiger partial charge in [-0.05, 0) is 30.5 Å². The zero-order valence-electron chi connectivity index (χ0n) is 21.9. The first-order valence-corrected chi connectivity index (χ1v) is 13.6. The summed E-state index contributed by atoms with van der Waals surface area (Å²) in [5.41, 5.74) is 6.71. The molecular weight excluding hydrogens is 490 g/mol. The van der Waals surface area contributed by atoms with Crippen molar-refractivity contribution in [2.45, 2.75) is 18.8 Å². The molecule has 1 aromatic heterocycles. The third kappa shape index (κ3) is 4.76. The van der Waals surface area contributed by atoms with Gasteiger partial charge in [0.2, 0.25) is 0 Å². The van der Waals surface area contributed by atoms with E-state index in [4.69, 9.17) is 19.7 Å². The molecule has 1 aliphatic heterocycles. The minimum absolute atomic E-state index is 0.297. The van der Waals surface area contributed by atoms with Gasteiger partial charge >= 0.3 is 0 Å². The van der Waals surface area contributed by atoms with Crippen molar-refractivity contribution in [1.82, 2.24) is 15.0 Å². The van der Waals surface area contributed by atoms with Gasteiger partial charge < -0.3 is 4.74 Å². The van der Waals surface area contributed by atoms with E-state index in [1.54, 1.807) is 0 Å². The Kier molecular flexibility index (Phi) is 6.35. The third-order valence-electron chi connectivity index (χ3n) is 7.44. The number of rotatable bonds is 6. The first-order valence-electron chi connectivity index (χ1n) is 13.6. The van der Waals surface area contributed by atoms with E-state index in [0.29, 0.717) is 23.4 Å². The average Bonchev–Trinajstić information content (AvgIpc) is 3.04. The third-order valence-corrected chi connectivity index (χ3v) is 7.44. The van der Waals surface area contributed by atoms with Crippen molar-refractivity contribution in [1.29, 1.82) is 0 Å². The molecule has 40 heavy (non-hydrogen) atoms. The first-order chi connectivity index (χ1) is 19.8. The smallest absolute Gasteiger partial charge is 0.164 e. The van der Waals surface area contributed by atoms with Gasteiger partial charge in [0.25, 0.3) is 0 Å². The molecule has 0 unspecified atom stereocenters. The fourth-order valence-electron chi connectivity index (χ4n) is 5.39. The molecule has 192 valence electrons. The van der Waals surface area contributed by atoms with Crippen molar-refractivity contribution in [3.05, 3.63) is 150 Å². The molecule has 1 aliphatic rings. The molecule has 0 fully saturated rings. The number of aryl methyl sites for hydroxylation is 1. The molecule has 7 rings (SSSR count). The Morgan fingerprint density at radius 3 is 1.38 bits per heavy atom. The summed E-state index contributed by atoms with van der Waals surface area (Å²) in [6.07, 6.45) is 1.95. The predicted molar refractivity (Wildman–Crippen MR) is 159 cm³/mol. The Morgan fingerprint density at radius 2 is 0.875 bits per heavy atom. The van der Waals surface area contributed by atoms with Gasteiger partial charge in [-0.25, -0.2) is 15.0 Å². The molecule has 0 amide bonds. The number of nitrogens with zero attached hydrogens (tertiary/aromatic N) is 3. The quantitative estimate of drug-likeness (QED) is 0.222. The molecule has 0 N–H and O–H groups in total. The zero-order chi connectivity index (χ0) is 26.7. The molecule has 4 nitrogen and oxygen atoms in total. The number of aromatic nitrogens is 3. The van der Waals surface area contributed by atoms with Gasteiger partial charge in [-0.1, -0.05) is 121 Å². The second-order valence-corrected chi connectivity index (χ2v) is 10.0. The molecule has 0 bridgehead atoms. The normalized spacial score (nSPS) is 12.3. The molecule has 6 aromatic rings. The molecule has 5 aromatic carbocycles. The number of ether oxygens (including phenoxy) is 1. The number of fused-ring (bicyclic) bond motifs is 2. The van der Waals surface area contributed by atoms with E-state index in [2.05, 4.69) is 60.7 Å². The standard InChI is InChI=1S/C36H27N3O/c1-3-11-26(12-4-1)34-37-35(27-13-5-2-6-14-27)39-36(38-34)28-22-19-25(20-23-28)21-24-29-30-15-7-9-17-32(30)40-33-18-10-8-16-31(29)33/h1-20,22-23,29H,21,24H2. The molecular formula is C36H27N3O. The van der Waals surface area contributed by atoms with Crippen LogP contribution in [0.5, 0.6) is 11.5 Å². The fraction of sp³-hybridized carbons (Fsp3) is 0.0833. The molecule has 0 saturated heterocycles. The summed E-state index contributed by atoms with van der Waals surface area (Å²) in [5, 5.41) is 0. The van der Waals surface area contributed by atoms with Crippen molar-refractivity contribution in [2.75, 3.05) is 0 Å². The van der Waals surface area contributed by atoms with Crippen LogP contribution in [0.15, 0.2) is 133 Å². The lowest BCUT2D eigenvalue weighted by atomic mass is 9.84. The Balaban J connectivity index is 1.17. The topological polar surface area (TPSA) is 47.9 Å². The van der Waals surface area contributed by atoms with Crippen molar-refractivity contribution in [3.8, 4) is 45.7 Å². The molecule has 0 saturated carbocycles. The van der Waals surface area contributed by atoms with Crippen LogP contribution in [0.25, 0.3) is 34.2 Å². The highest BCUT2D eigenvalue weighted by atomic mass is 16.5. The van der Waals surface area contributed by atoms with Crippen LogP contribution in [0.1, 0.15) is 29.0 Å². The highest BCUT2D eigenvalue weighted by Gasteiger charge is 2.26. The number of hydrogen-bond donors (Lipinski definition) is 0. The zero-order valence-corrected chi connectivity index (χ0v) is 21.9. The summed E-state index contributed by atoms with van der Waals surface area (Å²) >= 11 is 0. The van der Waals surface area contributed by atoms with Crippen LogP contribution in [-0.2, 0) is 6.42 Å². The van der Waals surface area contributed by atoms with Crippen LogP contribution in [0.3, 0.4) is 0 Å². The number of para-hydroxylation sites is 2. The van der Waals surface area contributed by atoms with Gasteiger partial charge in [0.05, 0.1) is 0 Å². The average molecular weight is 518 g/mol. The maximum atomic E-state index is 6.19. The summed E-state index contributed by atoms with van der Waals surface area (Å²) in [5.74, 6) is 4.23. The van der Waals surface area contributed by atoms with E-state index < -0.39 is 0 Å². The molecule has 2 heterocycles. The van der Waals surface area contributed by atoms with Crippen LogP contribution < -0.4 is 4.74 Å². The molecule has 4 heteroatoms. The Hall–Kier alpha value is -5.09. The van der Waals surface area contributed by atoms with Gasteiger partial charge in [-0.3, -0.25) is 0 Å². The van der Waals surface area contributed by atoms with Crippen LogP contribution in [0.2, 0.25) is 0 Å². The van der Waals surface area contributed by atoms with Gasteiger partial charge in [0.15, 0.2) is 17.5 Å². The van der Waals surface area contributed by atoms with Crippen LogP contribution in [0, 0.1) is 0 Å². The number of hydrogen-bond acceptors (Lipinski definition) is 4. The maximum Gasteiger partial charge on any atom is 0.164 e. The largest absolute Gasteiger partial charge is 0.457 e. The second-order valence-electron chi connectivity index (χ2n) is 10.0. The molecule has 0 aliphatic carbocycles. The Bertz CT molecular complexity index is 1660. The minimum Gasteiger partial charge on any atom is -0.457 e. The molecule has 0 atom stereocenters. The monoisotopic (exact) mass is 517 g/mol. The maximum absolute atomic E-state index is 6.19. The van der Waals surface area contributed by atoms with E-state index in [1.807, 2.05) is 72.8 Å². The van der Waals surface area contributed by atoms with E-state index in [1.165, 1.54) is 16.7 Å². The van der Waals surface area contributed by atoms with Gasteiger partial charge in [-0.2, -0.15) is 0 Å². The summed E-state index contributed by atoms with van der Waals surface area (Å²) in [7, 11) is 0. The number of benzene rings is 5. The lowest BCUT2D eigenvalue weighted by Crippen LogP contribution is -2.11. The summed E-state index contributed by atoms with van der Waals surface area (Å²) in [6.45, 7) is 0. The lowest BCUT2D eigenvalue weighted by Gasteiger charge is -2.28. The van der Waals surface area contributed by atoms with Crippen LogP contribution in [-0.4, -0.2) is 15.0 Å². The van der Waals surface area contributed by atoms with Crippen molar-refractivity contribution < 1.29 is 4.74 Å². The summed E-state index contributed by atoms with van der Waals surface area (Å²) in [4.78, 5) is 14.5. The SMILES string of the molecule is c1ccc(-c2nc(-c3ccccc3)nc(-c3ccc(CCC4c5ccccc5Oc5ccccc54)cc3)n2)cc1. The van der Waals surface area contributed by atoms with Gasteiger partial charge in [0.1, 0.15) is 11.5 Å². The summed E-state index contributed by atoms with van der Waals surface area (Å²) < 4.78 is 6.19. The molecule has 0 spiro atoms. The Morgan fingerprint density at radius 1 is 0.450 bits per heavy atom. The fourth-order valence-corrected chi connectivity index (χ4v) is 5.39. The van der Waals surface area contributed by atoms with Gasteiger partial charge in [-0.15, -0.1) is 0 Å². The first kappa shape index (κ1) is 24.0. The highest BCUT2D eigenvalue weighted by molar-refractivity contribution is 5.66.